The molecule has 1 N–H and O–H groups in total. The summed E-state index contributed by atoms with van der Waals surface area (Å²) >= 11 is 0. The number of hydrogen-bond donors (Lipinski definition) is 1. The first-order valence-corrected chi connectivity index (χ1v) is 7.83. The third kappa shape index (κ3) is 2.62. The van der Waals surface area contributed by atoms with Gasteiger partial charge in [-0.15, -0.1) is 0 Å². The zero-order valence-electron chi connectivity index (χ0n) is 13.0. The van der Waals surface area contributed by atoms with E-state index >= 15 is 0 Å². The highest BCUT2D eigenvalue weighted by Crippen LogP contribution is 2.24. The number of aromatic nitrogens is 2. The lowest BCUT2D eigenvalue weighted by Gasteiger charge is -2.30. The highest BCUT2D eigenvalue weighted by atomic mass is 16.5. The Hall–Kier alpha value is -2.25. The van der Waals surface area contributed by atoms with Crippen molar-refractivity contribution in [3.8, 4) is 0 Å². The molecule has 0 bridgehead atoms. The minimum Gasteiger partial charge on any atom is -0.337 e. The fourth-order valence-electron chi connectivity index (χ4n) is 3.17. The monoisotopic (exact) mass is 313 g/mol. The van der Waals surface area contributed by atoms with E-state index in [0.29, 0.717) is 24.8 Å². The van der Waals surface area contributed by atoms with Crippen molar-refractivity contribution in [1.29, 1.82) is 0 Å². The van der Waals surface area contributed by atoms with Crippen LogP contribution in [0.1, 0.15) is 33.7 Å². The Labute approximate surface area is 134 Å². The topological polar surface area (TPSA) is 74.5 Å². The van der Waals surface area contributed by atoms with Crippen molar-refractivity contribution in [2.75, 3.05) is 26.7 Å². The molecule has 1 amide bonds. The van der Waals surface area contributed by atoms with Gasteiger partial charge >= 0.3 is 0 Å². The zero-order valence-corrected chi connectivity index (χ0v) is 13.0. The summed E-state index contributed by atoms with van der Waals surface area (Å²) in [5.41, 5.74) is 1.82. The SMILES string of the molecule is CN1CCNCC1c1noc(CN2Cc3ccccc3C2=O)n1. The number of rotatable bonds is 3. The number of hydrogen-bond acceptors (Lipinski definition) is 6. The first-order chi connectivity index (χ1) is 11.2. The maximum Gasteiger partial charge on any atom is 0.254 e. The molecule has 7 heteroatoms. The van der Waals surface area contributed by atoms with Gasteiger partial charge < -0.3 is 14.7 Å². The number of carbonyl (C=O) groups is 1. The van der Waals surface area contributed by atoms with Crippen LogP contribution in [-0.2, 0) is 13.1 Å². The van der Waals surface area contributed by atoms with Crippen LogP contribution in [0.2, 0.25) is 0 Å². The molecular weight excluding hydrogens is 294 g/mol. The smallest absolute Gasteiger partial charge is 0.254 e. The molecule has 0 spiro atoms. The highest BCUT2D eigenvalue weighted by Gasteiger charge is 2.30. The second-order valence-corrected chi connectivity index (χ2v) is 6.07. The van der Waals surface area contributed by atoms with Crippen molar-refractivity contribution in [2.24, 2.45) is 0 Å². The molecule has 0 saturated carbocycles. The van der Waals surface area contributed by atoms with Crippen LogP contribution in [-0.4, -0.2) is 52.5 Å². The molecule has 4 rings (SSSR count). The van der Waals surface area contributed by atoms with Crippen LogP contribution in [0, 0.1) is 0 Å². The van der Waals surface area contributed by atoms with Crippen molar-refractivity contribution in [3.05, 3.63) is 47.1 Å². The van der Waals surface area contributed by atoms with Gasteiger partial charge in [-0.25, -0.2) is 0 Å². The van der Waals surface area contributed by atoms with Gasteiger partial charge in [0.2, 0.25) is 5.89 Å². The van der Waals surface area contributed by atoms with Gasteiger partial charge in [-0.2, -0.15) is 4.98 Å². The van der Waals surface area contributed by atoms with Crippen LogP contribution in [0.4, 0.5) is 0 Å². The normalized spacial score (nSPS) is 21.7. The van der Waals surface area contributed by atoms with Crippen LogP contribution >= 0.6 is 0 Å². The molecule has 1 aromatic carbocycles. The predicted octanol–water partition coefficient (Wildman–Crippen LogP) is 0.802. The molecule has 0 aliphatic carbocycles. The minimum atomic E-state index is 0.0248. The molecule has 120 valence electrons. The maximum absolute atomic E-state index is 12.4. The van der Waals surface area contributed by atoms with Gasteiger partial charge in [-0.05, 0) is 18.7 Å². The van der Waals surface area contributed by atoms with E-state index in [1.54, 1.807) is 4.90 Å². The van der Waals surface area contributed by atoms with E-state index in [2.05, 4.69) is 27.4 Å². The van der Waals surface area contributed by atoms with Crippen LogP contribution in [0.5, 0.6) is 0 Å². The van der Waals surface area contributed by atoms with Gasteiger partial charge in [0.05, 0.1) is 6.04 Å². The Bertz CT molecular complexity index is 729. The average Bonchev–Trinajstić information content (AvgIpc) is 3.14. The summed E-state index contributed by atoms with van der Waals surface area (Å²) in [6.45, 7) is 3.68. The van der Waals surface area contributed by atoms with Crippen LogP contribution < -0.4 is 5.32 Å². The van der Waals surface area contributed by atoms with Gasteiger partial charge in [0.1, 0.15) is 6.54 Å². The Morgan fingerprint density at radius 2 is 2.26 bits per heavy atom. The first-order valence-electron chi connectivity index (χ1n) is 7.83. The van der Waals surface area contributed by atoms with Crippen molar-refractivity contribution in [1.82, 2.24) is 25.3 Å². The molecular formula is C16H19N5O2. The lowest BCUT2D eigenvalue weighted by atomic mass is 10.1. The molecule has 1 unspecified atom stereocenters. The summed E-state index contributed by atoms with van der Waals surface area (Å²) in [4.78, 5) is 20.8. The van der Waals surface area contributed by atoms with Gasteiger partial charge in [0.15, 0.2) is 5.82 Å². The lowest BCUT2D eigenvalue weighted by molar-refractivity contribution is 0.0748. The number of nitrogens with one attached hydrogen (secondary N) is 1. The maximum atomic E-state index is 12.4. The summed E-state index contributed by atoms with van der Waals surface area (Å²) in [6.07, 6.45) is 0. The quantitative estimate of drug-likeness (QED) is 0.903. The van der Waals surface area contributed by atoms with E-state index < -0.39 is 0 Å². The molecule has 1 fully saturated rings. The van der Waals surface area contributed by atoms with Crippen molar-refractivity contribution >= 4 is 5.91 Å². The third-order valence-electron chi connectivity index (χ3n) is 4.52. The third-order valence-corrected chi connectivity index (χ3v) is 4.52. The molecule has 1 atom stereocenters. The predicted molar refractivity (Wildman–Crippen MR) is 82.6 cm³/mol. The second kappa shape index (κ2) is 5.75. The summed E-state index contributed by atoms with van der Waals surface area (Å²) in [5, 5.41) is 7.44. The average molecular weight is 313 g/mol. The number of likely N-dealkylation sites (N-methyl/N-ethyl adjacent to an activating group) is 1. The van der Waals surface area contributed by atoms with Gasteiger partial charge in [0, 0.05) is 31.7 Å². The molecule has 0 radical (unpaired) electrons. The second-order valence-electron chi connectivity index (χ2n) is 6.07. The Morgan fingerprint density at radius 3 is 3.09 bits per heavy atom. The van der Waals surface area contributed by atoms with E-state index in [9.17, 15) is 4.79 Å². The molecule has 2 aromatic rings. The number of nitrogens with zero attached hydrogens (tertiary/aromatic N) is 4. The number of carbonyl (C=O) groups excluding carboxylic acids is 1. The largest absolute Gasteiger partial charge is 0.337 e. The fourth-order valence-corrected chi connectivity index (χ4v) is 3.17. The van der Waals surface area contributed by atoms with E-state index in [-0.39, 0.29) is 11.9 Å². The van der Waals surface area contributed by atoms with Crippen molar-refractivity contribution in [3.63, 3.8) is 0 Å². The molecule has 1 aromatic heterocycles. The number of amides is 1. The zero-order chi connectivity index (χ0) is 15.8. The summed E-state index contributed by atoms with van der Waals surface area (Å²) in [6, 6.07) is 7.80. The number of piperazine rings is 1. The number of benzene rings is 1. The van der Waals surface area contributed by atoms with Crippen LogP contribution in [0.15, 0.2) is 28.8 Å². The highest BCUT2D eigenvalue weighted by molar-refractivity contribution is 5.98. The van der Waals surface area contributed by atoms with E-state index in [4.69, 9.17) is 4.52 Å². The molecule has 2 aliphatic rings. The molecule has 23 heavy (non-hydrogen) atoms. The van der Waals surface area contributed by atoms with E-state index in [1.807, 2.05) is 24.3 Å². The molecule has 3 heterocycles. The van der Waals surface area contributed by atoms with E-state index in [0.717, 1.165) is 30.8 Å². The van der Waals surface area contributed by atoms with Crippen molar-refractivity contribution < 1.29 is 9.32 Å². The Morgan fingerprint density at radius 1 is 1.39 bits per heavy atom. The van der Waals surface area contributed by atoms with Gasteiger partial charge in [0.25, 0.3) is 5.91 Å². The lowest BCUT2D eigenvalue weighted by Crippen LogP contribution is -2.44. The fraction of sp³-hybridized carbons (Fsp3) is 0.438. The van der Waals surface area contributed by atoms with E-state index in [1.165, 1.54) is 0 Å². The summed E-state index contributed by atoms with van der Waals surface area (Å²) in [5.74, 6) is 1.19. The summed E-state index contributed by atoms with van der Waals surface area (Å²) in [7, 11) is 2.06. The summed E-state index contributed by atoms with van der Waals surface area (Å²) < 4.78 is 5.37. The van der Waals surface area contributed by atoms with Gasteiger partial charge in [-0.1, -0.05) is 23.4 Å². The Balaban J connectivity index is 1.48. The molecule has 7 nitrogen and oxygen atoms in total. The van der Waals surface area contributed by atoms with Crippen LogP contribution in [0.3, 0.4) is 0 Å². The van der Waals surface area contributed by atoms with Crippen LogP contribution in [0.25, 0.3) is 0 Å². The van der Waals surface area contributed by atoms with Gasteiger partial charge in [-0.3, -0.25) is 9.69 Å². The minimum absolute atomic E-state index is 0.0248. The molecule has 2 aliphatic heterocycles. The molecule has 1 saturated heterocycles. The standard InChI is InChI=1S/C16H19N5O2/c1-20-7-6-17-8-13(20)15-18-14(23-19-15)10-21-9-11-4-2-3-5-12(11)16(21)22/h2-5,13,17H,6-10H2,1H3. The number of fused-ring (bicyclic) bond motifs is 1. The first kappa shape index (κ1) is 14.3. The van der Waals surface area contributed by atoms with Crippen molar-refractivity contribution in [2.45, 2.75) is 19.1 Å². The Kier molecular flexibility index (Phi) is 3.59.